The van der Waals surface area contributed by atoms with Crippen molar-refractivity contribution in [2.24, 2.45) is 5.92 Å². The van der Waals surface area contributed by atoms with Crippen molar-refractivity contribution in [1.29, 1.82) is 0 Å². The van der Waals surface area contributed by atoms with Crippen LogP contribution in [0.15, 0.2) is 84.9 Å². The first-order valence-electron chi connectivity index (χ1n) is 12.9. The number of unbranched alkanes of at least 4 members (excludes halogenated alkanes) is 4. The van der Waals surface area contributed by atoms with E-state index in [1.54, 1.807) is 0 Å². The Labute approximate surface area is 200 Å². The Kier molecular flexibility index (Phi) is 8.81. The molecule has 0 spiro atoms. The second-order valence-electron chi connectivity index (χ2n) is 9.45. The molecule has 0 N–H and O–H groups in total. The molecular formula is C32H38O. The van der Waals surface area contributed by atoms with Gasteiger partial charge < -0.3 is 4.74 Å². The van der Waals surface area contributed by atoms with Crippen molar-refractivity contribution in [3.05, 3.63) is 96.1 Å². The maximum atomic E-state index is 5.92. The van der Waals surface area contributed by atoms with Crippen LogP contribution in [0.2, 0.25) is 0 Å². The summed E-state index contributed by atoms with van der Waals surface area (Å²) in [5, 5.41) is 0. The minimum absolute atomic E-state index is 0.601. The second kappa shape index (κ2) is 12.4. The summed E-state index contributed by atoms with van der Waals surface area (Å²) in [6.07, 6.45) is 14.8. The molecule has 0 saturated carbocycles. The molecule has 0 saturated heterocycles. The molecule has 1 aliphatic rings. The summed E-state index contributed by atoms with van der Waals surface area (Å²) in [7, 11) is 0. The normalized spacial score (nSPS) is 15.8. The van der Waals surface area contributed by atoms with E-state index in [0.717, 1.165) is 11.7 Å². The van der Waals surface area contributed by atoms with Gasteiger partial charge >= 0.3 is 0 Å². The Hall–Kier alpha value is -2.80. The fourth-order valence-corrected chi connectivity index (χ4v) is 4.81. The van der Waals surface area contributed by atoms with Crippen LogP contribution in [0, 0.1) is 5.92 Å². The second-order valence-corrected chi connectivity index (χ2v) is 9.45. The van der Waals surface area contributed by atoms with Gasteiger partial charge in [0.05, 0.1) is 0 Å². The molecule has 0 amide bonds. The summed E-state index contributed by atoms with van der Waals surface area (Å²) < 4.78 is 5.92. The van der Waals surface area contributed by atoms with Crippen LogP contribution in [0.3, 0.4) is 0 Å². The van der Waals surface area contributed by atoms with Gasteiger partial charge in [-0.15, -0.1) is 0 Å². The van der Waals surface area contributed by atoms with E-state index >= 15 is 0 Å². The highest BCUT2D eigenvalue weighted by molar-refractivity contribution is 5.71. The third-order valence-corrected chi connectivity index (χ3v) is 6.93. The monoisotopic (exact) mass is 438 g/mol. The molecule has 1 heteroatoms. The largest absolute Gasteiger partial charge is 0.489 e. The summed E-state index contributed by atoms with van der Waals surface area (Å²) in [6, 6.07) is 27.9. The molecular weight excluding hydrogens is 400 g/mol. The molecule has 4 rings (SSSR count). The quantitative estimate of drug-likeness (QED) is 0.271. The van der Waals surface area contributed by atoms with E-state index in [-0.39, 0.29) is 0 Å². The van der Waals surface area contributed by atoms with E-state index in [1.165, 1.54) is 85.6 Å². The summed E-state index contributed by atoms with van der Waals surface area (Å²) in [5.74, 6) is 1.81. The van der Waals surface area contributed by atoms with Crippen molar-refractivity contribution < 1.29 is 4.74 Å². The minimum atomic E-state index is 0.601. The van der Waals surface area contributed by atoms with Crippen molar-refractivity contribution in [2.75, 3.05) is 0 Å². The smallest absolute Gasteiger partial charge is 0.119 e. The average Bonchev–Trinajstić information content (AvgIpc) is 2.89. The summed E-state index contributed by atoms with van der Waals surface area (Å²) in [4.78, 5) is 0. The molecule has 1 unspecified atom stereocenters. The van der Waals surface area contributed by atoms with Crippen LogP contribution in [0.4, 0.5) is 0 Å². The highest BCUT2D eigenvalue weighted by Gasteiger charge is 2.15. The maximum absolute atomic E-state index is 5.92. The first kappa shape index (κ1) is 23.4. The SMILES string of the molecule is CCCCCCCC1CC=C(c2ccc(-c3ccc(OCc4ccccc4)cc3)cc2)CC1. The molecule has 1 atom stereocenters. The van der Waals surface area contributed by atoms with Crippen LogP contribution in [0.1, 0.15) is 75.8 Å². The van der Waals surface area contributed by atoms with E-state index in [1.807, 2.05) is 18.2 Å². The molecule has 0 fully saturated rings. The highest BCUT2D eigenvalue weighted by atomic mass is 16.5. The molecule has 0 aromatic heterocycles. The van der Waals surface area contributed by atoms with Gasteiger partial charge in [0, 0.05) is 0 Å². The number of ether oxygens (including phenoxy) is 1. The first-order chi connectivity index (χ1) is 16.3. The van der Waals surface area contributed by atoms with Crippen molar-refractivity contribution in [3.8, 4) is 16.9 Å². The molecule has 1 aliphatic carbocycles. The molecule has 3 aromatic rings. The summed E-state index contributed by atoms with van der Waals surface area (Å²) >= 11 is 0. The minimum Gasteiger partial charge on any atom is -0.489 e. The van der Waals surface area contributed by atoms with Gasteiger partial charge in [0.1, 0.15) is 12.4 Å². The molecule has 0 bridgehead atoms. The highest BCUT2D eigenvalue weighted by Crippen LogP contribution is 2.34. The van der Waals surface area contributed by atoms with Crippen LogP contribution in [0.25, 0.3) is 16.7 Å². The Bertz CT molecular complexity index is 983. The third kappa shape index (κ3) is 7.09. The summed E-state index contributed by atoms with van der Waals surface area (Å²) in [6.45, 7) is 2.89. The Balaban J connectivity index is 1.27. The first-order valence-corrected chi connectivity index (χ1v) is 12.9. The predicted octanol–water partition coefficient (Wildman–Crippen LogP) is 9.48. The molecule has 33 heavy (non-hydrogen) atoms. The van der Waals surface area contributed by atoms with Crippen molar-refractivity contribution in [3.63, 3.8) is 0 Å². The van der Waals surface area contributed by atoms with Crippen LogP contribution in [-0.2, 0) is 6.61 Å². The van der Waals surface area contributed by atoms with Crippen LogP contribution in [0.5, 0.6) is 5.75 Å². The lowest BCUT2D eigenvalue weighted by molar-refractivity contribution is 0.306. The topological polar surface area (TPSA) is 9.23 Å². The van der Waals surface area contributed by atoms with E-state index in [9.17, 15) is 0 Å². The molecule has 0 aliphatic heterocycles. The third-order valence-electron chi connectivity index (χ3n) is 6.93. The van der Waals surface area contributed by atoms with E-state index in [4.69, 9.17) is 4.74 Å². The van der Waals surface area contributed by atoms with Crippen molar-refractivity contribution >= 4 is 5.57 Å². The van der Waals surface area contributed by atoms with E-state index < -0.39 is 0 Å². The lowest BCUT2D eigenvalue weighted by Gasteiger charge is -2.22. The van der Waals surface area contributed by atoms with Gasteiger partial charge in [-0.05, 0) is 65.1 Å². The van der Waals surface area contributed by atoms with Gasteiger partial charge in [-0.1, -0.05) is 118 Å². The molecule has 3 aromatic carbocycles. The molecule has 1 nitrogen and oxygen atoms in total. The van der Waals surface area contributed by atoms with Gasteiger partial charge in [-0.25, -0.2) is 0 Å². The fourth-order valence-electron chi connectivity index (χ4n) is 4.81. The van der Waals surface area contributed by atoms with Gasteiger partial charge in [-0.2, -0.15) is 0 Å². The number of hydrogen-bond acceptors (Lipinski definition) is 1. The van der Waals surface area contributed by atoms with E-state index in [2.05, 4.69) is 73.7 Å². The Morgan fingerprint density at radius 2 is 1.39 bits per heavy atom. The van der Waals surface area contributed by atoms with Crippen LogP contribution < -0.4 is 4.74 Å². The van der Waals surface area contributed by atoms with Gasteiger partial charge in [0.15, 0.2) is 0 Å². The molecule has 0 radical (unpaired) electrons. The Morgan fingerprint density at radius 1 is 0.727 bits per heavy atom. The number of rotatable bonds is 11. The lowest BCUT2D eigenvalue weighted by atomic mass is 9.83. The summed E-state index contributed by atoms with van der Waals surface area (Å²) in [5.41, 5.74) is 6.60. The van der Waals surface area contributed by atoms with Gasteiger partial charge in [0.25, 0.3) is 0 Å². The number of hydrogen-bond donors (Lipinski definition) is 0. The predicted molar refractivity (Wildman–Crippen MR) is 141 cm³/mol. The molecule has 0 heterocycles. The standard InChI is InChI=1S/C32H38O/c1-2-3-4-5-7-10-26-13-15-28(16-14-26)29-17-19-30(20-18-29)31-21-23-32(24-22-31)33-25-27-11-8-6-9-12-27/h6,8-9,11-12,15,17-24,26H,2-5,7,10,13-14,16,25H2,1H3. The molecule has 172 valence electrons. The van der Waals surface area contributed by atoms with Gasteiger partial charge in [0.2, 0.25) is 0 Å². The maximum Gasteiger partial charge on any atom is 0.119 e. The lowest BCUT2D eigenvalue weighted by Crippen LogP contribution is -2.05. The zero-order chi connectivity index (χ0) is 22.7. The fraction of sp³-hybridized carbons (Fsp3) is 0.375. The van der Waals surface area contributed by atoms with Crippen molar-refractivity contribution in [1.82, 2.24) is 0 Å². The Morgan fingerprint density at radius 3 is 2.06 bits per heavy atom. The number of allylic oxidation sites excluding steroid dienone is 2. The van der Waals surface area contributed by atoms with Crippen molar-refractivity contribution in [2.45, 2.75) is 71.3 Å². The van der Waals surface area contributed by atoms with Crippen LogP contribution in [-0.4, -0.2) is 0 Å². The number of benzene rings is 3. The van der Waals surface area contributed by atoms with E-state index in [0.29, 0.717) is 6.61 Å². The van der Waals surface area contributed by atoms with Crippen LogP contribution >= 0.6 is 0 Å². The van der Waals surface area contributed by atoms with Gasteiger partial charge in [-0.3, -0.25) is 0 Å². The zero-order valence-corrected chi connectivity index (χ0v) is 20.1. The zero-order valence-electron chi connectivity index (χ0n) is 20.1. The average molecular weight is 439 g/mol.